The molecule has 0 amide bonds. The Morgan fingerprint density at radius 2 is 1.89 bits per heavy atom. The van der Waals surface area contributed by atoms with Gasteiger partial charge in [-0.2, -0.15) is 0 Å². The molecular formula is C16H23NO. The van der Waals surface area contributed by atoms with Crippen molar-refractivity contribution in [3.8, 4) is 0 Å². The molecule has 1 fully saturated rings. The molecule has 0 aromatic heterocycles. The van der Waals surface area contributed by atoms with Gasteiger partial charge in [0.2, 0.25) is 0 Å². The standard InChI is InChI=1S/C16H23NO/c1-12-9-10-13(2)17(11-12)14(3)16(18)15-7-5-4-6-8-15/h4-8,12-14H,9-11H2,1-3H3. The van der Waals surface area contributed by atoms with Gasteiger partial charge in [0.05, 0.1) is 6.04 Å². The summed E-state index contributed by atoms with van der Waals surface area (Å²) in [5, 5.41) is 0. The minimum atomic E-state index is -0.00912. The molecule has 0 spiro atoms. The zero-order chi connectivity index (χ0) is 13.1. The Morgan fingerprint density at radius 1 is 1.22 bits per heavy atom. The summed E-state index contributed by atoms with van der Waals surface area (Å²) in [5.74, 6) is 0.948. The summed E-state index contributed by atoms with van der Waals surface area (Å²) in [4.78, 5) is 14.8. The molecule has 3 unspecified atom stereocenters. The zero-order valence-electron chi connectivity index (χ0n) is 11.6. The summed E-state index contributed by atoms with van der Waals surface area (Å²) in [7, 11) is 0. The molecule has 2 heteroatoms. The molecule has 0 radical (unpaired) electrons. The van der Waals surface area contributed by atoms with Crippen molar-refractivity contribution in [2.24, 2.45) is 5.92 Å². The van der Waals surface area contributed by atoms with Crippen molar-refractivity contribution in [1.82, 2.24) is 4.90 Å². The van der Waals surface area contributed by atoms with Gasteiger partial charge in [0.15, 0.2) is 5.78 Å². The quantitative estimate of drug-likeness (QED) is 0.761. The molecule has 0 aliphatic carbocycles. The highest BCUT2D eigenvalue weighted by atomic mass is 16.1. The molecule has 1 saturated heterocycles. The zero-order valence-corrected chi connectivity index (χ0v) is 11.6. The predicted octanol–water partition coefficient (Wildman–Crippen LogP) is 3.38. The third kappa shape index (κ3) is 2.81. The SMILES string of the molecule is CC1CCC(C)N(C(C)C(=O)c2ccccc2)C1. The summed E-state index contributed by atoms with van der Waals surface area (Å²) in [6.07, 6.45) is 2.48. The Morgan fingerprint density at radius 3 is 2.56 bits per heavy atom. The highest BCUT2D eigenvalue weighted by Crippen LogP contribution is 2.24. The number of likely N-dealkylation sites (tertiary alicyclic amines) is 1. The van der Waals surface area contributed by atoms with Gasteiger partial charge in [-0.1, -0.05) is 37.3 Å². The van der Waals surface area contributed by atoms with Crippen molar-refractivity contribution in [3.05, 3.63) is 35.9 Å². The lowest BCUT2D eigenvalue weighted by molar-refractivity contribution is 0.0607. The summed E-state index contributed by atoms with van der Waals surface area (Å²) in [6.45, 7) is 7.60. The lowest BCUT2D eigenvalue weighted by Gasteiger charge is -2.40. The highest BCUT2D eigenvalue weighted by Gasteiger charge is 2.30. The van der Waals surface area contributed by atoms with E-state index in [1.54, 1.807) is 0 Å². The summed E-state index contributed by atoms with van der Waals surface area (Å²) >= 11 is 0. The van der Waals surface area contributed by atoms with Crippen LogP contribution in [0.25, 0.3) is 0 Å². The van der Waals surface area contributed by atoms with Crippen LogP contribution in [0.15, 0.2) is 30.3 Å². The molecule has 1 aromatic carbocycles. The van der Waals surface area contributed by atoms with Crippen molar-refractivity contribution >= 4 is 5.78 Å². The first kappa shape index (κ1) is 13.3. The van der Waals surface area contributed by atoms with E-state index in [0.717, 1.165) is 12.1 Å². The van der Waals surface area contributed by atoms with E-state index in [2.05, 4.69) is 18.7 Å². The van der Waals surface area contributed by atoms with Gasteiger partial charge in [-0.15, -0.1) is 0 Å². The maximum atomic E-state index is 12.5. The highest BCUT2D eigenvalue weighted by molar-refractivity contribution is 5.99. The van der Waals surface area contributed by atoms with Gasteiger partial charge in [-0.25, -0.2) is 0 Å². The van der Waals surface area contributed by atoms with Crippen LogP contribution in [-0.2, 0) is 0 Å². The van der Waals surface area contributed by atoms with Crippen LogP contribution in [0, 0.1) is 5.92 Å². The molecule has 1 aliphatic heterocycles. The van der Waals surface area contributed by atoms with E-state index in [-0.39, 0.29) is 11.8 Å². The van der Waals surface area contributed by atoms with Crippen LogP contribution >= 0.6 is 0 Å². The molecule has 18 heavy (non-hydrogen) atoms. The van der Waals surface area contributed by atoms with E-state index < -0.39 is 0 Å². The summed E-state index contributed by atoms with van der Waals surface area (Å²) in [5.41, 5.74) is 0.829. The number of carbonyl (C=O) groups is 1. The smallest absolute Gasteiger partial charge is 0.179 e. The first-order valence-electron chi connectivity index (χ1n) is 6.94. The lowest BCUT2D eigenvalue weighted by atomic mass is 9.92. The maximum Gasteiger partial charge on any atom is 0.179 e. The molecule has 1 heterocycles. The van der Waals surface area contributed by atoms with E-state index in [4.69, 9.17) is 0 Å². The molecule has 0 saturated carbocycles. The monoisotopic (exact) mass is 245 g/mol. The van der Waals surface area contributed by atoms with E-state index in [0.29, 0.717) is 12.0 Å². The Labute approximate surface area is 110 Å². The Hall–Kier alpha value is -1.15. The molecule has 1 aliphatic rings. The van der Waals surface area contributed by atoms with Gasteiger partial charge in [-0.05, 0) is 32.6 Å². The second-order valence-corrected chi connectivity index (χ2v) is 5.63. The molecule has 2 rings (SSSR count). The van der Waals surface area contributed by atoms with Gasteiger partial charge in [0.1, 0.15) is 0 Å². The van der Waals surface area contributed by atoms with E-state index in [1.807, 2.05) is 37.3 Å². The first-order valence-corrected chi connectivity index (χ1v) is 6.94. The van der Waals surface area contributed by atoms with E-state index in [1.165, 1.54) is 12.8 Å². The number of ketones is 1. The average molecular weight is 245 g/mol. The number of hydrogen-bond acceptors (Lipinski definition) is 2. The normalized spacial score (nSPS) is 26.8. The van der Waals surface area contributed by atoms with Crippen LogP contribution in [0.3, 0.4) is 0 Å². The van der Waals surface area contributed by atoms with Crippen LogP contribution in [-0.4, -0.2) is 29.3 Å². The molecule has 0 bridgehead atoms. The molecule has 98 valence electrons. The van der Waals surface area contributed by atoms with Gasteiger partial charge < -0.3 is 0 Å². The largest absolute Gasteiger partial charge is 0.292 e. The van der Waals surface area contributed by atoms with E-state index in [9.17, 15) is 4.79 Å². The third-order valence-electron chi connectivity index (χ3n) is 4.10. The van der Waals surface area contributed by atoms with Crippen molar-refractivity contribution < 1.29 is 4.79 Å². The number of nitrogens with zero attached hydrogens (tertiary/aromatic N) is 1. The van der Waals surface area contributed by atoms with Crippen LogP contribution in [0.2, 0.25) is 0 Å². The number of carbonyl (C=O) groups excluding carboxylic acids is 1. The molecule has 3 atom stereocenters. The fraction of sp³-hybridized carbons (Fsp3) is 0.562. The van der Waals surface area contributed by atoms with Crippen LogP contribution < -0.4 is 0 Å². The average Bonchev–Trinajstić information content (AvgIpc) is 2.41. The topological polar surface area (TPSA) is 20.3 Å². The Balaban J connectivity index is 2.10. The van der Waals surface area contributed by atoms with Crippen LogP contribution in [0.1, 0.15) is 44.0 Å². The van der Waals surface area contributed by atoms with E-state index >= 15 is 0 Å². The third-order valence-corrected chi connectivity index (χ3v) is 4.10. The fourth-order valence-electron chi connectivity index (χ4n) is 2.86. The minimum Gasteiger partial charge on any atom is -0.292 e. The maximum absolute atomic E-state index is 12.5. The van der Waals surface area contributed by atoms with Gasteiger partial charge in [0, 0.05) is 18.2 Å². The Bertz CT molecular complexity index is 401. The first-order chi connectivity index (χ1) is 8.59. The van der Waals surface area contributed by atoms with Gasteiger partial charge in [-0.3, -0.25) is 9.69 Å². The number of Topliss-reactive ketones (excluding diaryl/α,β-unsaturated/α-hetero) is 1. The minimum absolute atomic E-state index is 0.00912. The van der Waals surface area contributed by atoms with Crippen molar-refractivity contribution in [2.45, 2.75) is 45.7 Å². The molecular weight excluding hydrogens is 222 g/mol. The van der Waals surface area contributed by atoms with Crippen molar-refractivity contribution in [2.75, 3.05) is 6.54 Å². The molecule has 2 nitrogen and oxygen atoms in total. The number of rotatable bonds is 3. The number of benzene rings is 1. The second-order valence-electron chi connectivity index (χ2n) is 5.63. The molecule has 1 aromatic rings. The van der Waals surface area contributed by atoms with Crippen LogP contribution in [0.4, 0.5) is 0 Å². The Kier molecular flexibility index (Phi) is 4.18. The number of piperidine rings is 1. The summed E-state index contributed by atoms with van der Waals surface area (Å²) < 4.78 is 0. The van der Waals surface area contributed by atoms with Crippen molar-refractivity contribution in [1.29, 1.82) is 0 Å². The van der Waals surface area contributed by atoms with Crippen molar-refractivity contribution in [3.63, 3.8) is 0 Å². The second kappa shape index (κ2) is 5.66. The molecule has 0 N–H and O–H groups in total. The van der Waals surface area contributed by atoms with Gasteiger partial charge in [0.25, 0.3) is 0 Å². The predicted molar refractivity (Wildman–Crippen MR) is 74.8 cm³/mol. The number of hydrogen-bond donors (Lipinski definition) is 0. The van der Waals surface area contributed by atoms with Crippen LogP contribution in [0.5, 0.6) is 0 Å². The lowest BCUT2D eigenvalue weighted by Crippen LogP contribution is -2.49. The fourth-order valence-corrected chi connectivity index (χ4v) is 2.86. The van der Waals surface area contributed by atoms with Gasteiger partial charge >= 0.3 is 0 Å². The summed E-state index contributed by atoms with van der Waals surface area (Å²) in [6, 6.07) is 10.2.